The second-order valence-corrected chi connectivity index (χ2v) is 4.38. The molecule has 0 heterocycles. The Balaban J connectivity index is 2.31. The van der Waals surface area contributed by atoms with Crippen molar-refractivity contribution in [1.82, 2.24) is 5.32 Å². The number of carbonyl (C=O) groups is 1. The Morgan fingerprint density at radius 3 is 2.67 bits per heavy atom. The lowest BCUT2D eigenvalue weighted by atomic mass is 9.86. The molecule has 1 aliphatic carbocycles. The van der Waals surface area contributed by atoms with Crippen LogP contribution in [0.15, 0.2) is 0 Å². The maximum absolute atomic E-state index is 11.7. The zero-order chi connectivity index (χ0) is 11.3. The van der Waals surface area contributed by atoms with E-state index >= 15 is 0 Å². The first-order valence-electron chi connectivity index (χ1n) is 5.56. The highest BCUT2D eigenvalue weighted by atomic mass is 16.1. The SMILES string of the molecule is CC(CC#N)NC(=O)C1CCC(N)CC1. The van der Waals surface area contributed by atoms with Gasteiger partial charge in [0.25, 0.3) is 0 Å². The highest BCUT2D eigenvalue weighted by Gasteiger charge is 2.25. The van der Waals surface area contributed by atoms with E-state index in [0.29, 0.717) is 6.42 Å². The Kier molecular flexibility index (Phi) is 4.57. The minimum absolute atomic E-state index is 0.0434. The van der Waals surface area contributed by atoms with Gasteiger partial charge in [-0.05, 0) is 32.6 Å². The van der Waals surface area contributed by atoms with E-state index < -0.39 is 0 Å². The van der Waals surface area contributed by atoms with Crippen LogP contribution in [0.5, 0.6) is 0 Å². The molecule has 1 rings (SSSR count). The second kappa shape index (κ2) is 5.72. The number of nitriles is 1. The number of nitrogens with zero attached hydrogens (tertiary/aromatic N) is 1. The van der Waals surface area contributed by atoms with Gasteiger partial charge in [-0.1, -0.05) is 0 Å². The van der Waals surface area contributed by atoms with Crippen LogP contribution in [0.3, 0.4) is 0 Å². The molecule has 1 aliphatic rings. The standard InChI is InChI=1S/C11H19N3O/c1-8(6-7-12)14-11(15)9-2-4-10(13)5-3-9/h8-10H,2-6,13H2,1H3,(H,14,15). The van der Waals surface area contributed by atoms with E-state index in [-0.39, 0.29) is 23.9 Å². The molecule has 0 aliphatic heterocycles. The molecule has 1 unspecified atom stereocenters. The van der Waals surface area contributed by atoms with Gasteiger partial charge >= 0.3 is 0 Å². The molecule has 1 atom stereocenters. The molecule has 15 heavy (non-hydrogen) atoms. The summed E-state index contributed by atoms with van der Waals surface area (Å²) in [5.41, 5.74) is 5.77. The van der Waals surface area contributed by atoms with Gasteiger partial charge in [-0.15, -0.1) is 0 Å². The van der Waals surface area contributed by atoms with Crippen molar-refractivity contribution in [2.45, 2.75) is 51.1 Å². The van der Waals surface area contributed by atoms with Crippen molar-refractivity contribution in [3.05, 3.63) is 0 Å². The summed E-state index contributed by atoms with van der Waals surface area (Å²) >= 11 is 0. The number of rotatable bonds is 3. The summed E-state index contributed by atoms with van der Waals surface area (Å²) < 4.78 is 0. The van der Waals surface area contributed by atoms with Crippen LogP contribution in [0.2, 0.25) is 0 Å². The van der Waals surface area contributed by atoms with Gasteiger partial charge in [0, 0.05) is 18.0 Å². The van der Waals surface area contributed by atoms with E-state index in [0.717, 1.165) is 25.7 Å². The van der Waals surface area contributed by atoms with Gasteiger partial charge in [0.15, 0.2) is 0 Å². The largest absolute Gasteiger partial charge is 0.352 e. The topological polar surface area (TPSA) is 78.9 Å². The monoisotopic (exact) mass is 209 g/mol. The van der Waals surface area contributed by atoms with Crippen LogP contribution < -0.4 is 11.1 Å². The number of hydrogen-bond donors (Lipinski definition) is 2. The molecule has 3 N–H and O–H groups in total. The average molecular weight is 209 g/mol. The van der Waals surface area contributed by atoms with Crippen molar-refractivity contribution in [1.29, 1.82) is 5.26 Å². The molecule has 0 saturated heterocycles. The highest BCUT2D eigenvalue weighted by molar-refractivity contribution is 5.79. The van der Waals surface area contributed by atoms with Crippen LogP contribution in [-0.4, -0.2) is 18.0 Å². The third-order valence-corrected chi connectivity index (χ3v) is 2.93. The van der Waals surface area contributed by atoms with E-state index in [4.69, 9.17) is 11.0 Å². The summed E-state index contributed by atoms with van der Waals surface area (Å²) in [6.45, 7) is 1.86. The fourth-order valence-corrected chi connectivity index (χ4v) is 1.93. The Bertz CT molecular complexity index is 251. The molecular formula is C11H19N3O. The van der Waals surface area contributed by atoms with Gasteiger partial charge < -0.3 is 11.1 Å². The fourth-order valence-electron chi connectivity index (χ4n) is 1.93. The van der Waals surface area contributed by atoms with Crippen LogP contribution in [-0.2, 0) is 4.79 Å². The molecule has 0 radical (unpaired) electrons. The molecule has 0 aromatic rings. The lowest BCUT2D eigenvalue weighted by molar-refractivity contribution is -0.126. The third kappa shape index (κ3) is 3.88. The van der Waals surface area contributed by atoms with Crippen molar-refractivity contribution in [2.75, 3.05) is 0 Å². The number of nitrogens with one attached hydrogen (secondary N) is 1. The van der Waals surface area contributed by atoms with Gasteiger partial charge in [-0.2, -0.15) is 5.26 Å². The summed E-state index contributed by atoms with van der Waals surface area (Å²) in [6, 6.07) is 2.27. The summed E-state index contributed by atoms with van der Waals surface area (Å²) in [6.07, 6.45) is 4.01. The first-order valence-corrected chi connectivity index (χ1v) is 5.56. The second-order valence-electron chi connectivity index (χ2n) is 4.38. The zero-order valence-electron chi connectivity index (χ0n) is 9.20. The molecule has 0 spiro atoms. The van der Waals surface area contributed by atoms with Crippen LogP contribution in [0.25, 0.3) is 0 Å². The van der Waals surface area contributed by atoms with Gasteiger partial charge in [0.2, 0.25) is 5.91 Å². The predicted molar refractivity (Wildman–Crippen MR) is 57.8 cm³/mol. The lowest BCUT2D eigenvalue weighted by Gasteiger charge is -2.26. The summed E-state index contributed by atoms with van der Waals surface area (Å²) in [7, 11) is 0. The van der Waals surface area contributed by atoms with Gasteiger partial charge in [0.1, 0.15) is 0 Å². The quantitative estimate of drug-likeness (QED) is 0.725. The van der Waals surface area contributed by atoms with Gasteiger partial charge in [0.05, 0.1) is 12.5 Å². The third-order valence-electron chi connectivity index (χ3n) is 2.93. The molecule has 1 fully saturated rings. The zero-order valence-corrected chi connectivity index (χ0v) is 9.20. The Morgan fingerprint density at radius 2 is 2.13 bits per heavy atom. The van der Waals surface area contributed by atoms with E-state index in [9.17, 15) is 4.79 Å². The molecule has 84 valence electrons. The summed E-state index contributed by atoms with van der Waals surface area (Å²) in [4.78, 5) is 11.7. The maximum Gasteiger partial charge on any atom is 0.223 e. The van der Waals surface area contributed by atoms with Crippen LogP contribution in [0, 0.1) is 17.2 Å². The van der Waals surface area contributed by atoms with Crippen molar-refractivity contribution >= 4 is 5.91 Å². The molecule has 4 nitrogen and oxygen atoms in total. The van der Waals surface area contributed by atoms with E-state index in [1.165, 1.54) is 0 Å². The molecule has 4 heteroatoms. The minimum atomic E-state index is -0.0434. The summed E-state index contributed by atoms with van der Waals surface area (Å²) in [5, 5.41) is 11.3. The molecule has 0 bridgehead atoms. The van der Waals surface area contributed by atoms with Crippen molar-refractivity contribution in [3.63, 3.8) is 0 Å². The molecule has 1 amide bonds. The van der Waals surface area contributed by atoms with E-state index in [2.05, 4.69) is 5.32 Å². The maximum atomic E-state index is 11.7. The Morgan fingerprint density at radius 1 is 1.53 bits per heavy atom. The number of amides is 1. The number of nitrogens with two attached hydrogens (primary N) is 1. The van der Waals surface area contributed by atoms with Crippen molar-refractivity contribution in [2.24, 2.45) is 11.7 Å². The Labute approximate surface area is 90.8 Å². The lowest BCUT2D eigenvalue weighted by Crippen LogP contribution is -2.40. The smallest absolute Gasteiger partial charge is 0.223 e. The van der Waals surface area contributed by atoms with Gasteiger partial charge in [-0.25, -0.2) is 0 Å². The van der Waals surface area contributed by atoms with Crippen LogP contribution >= 0.6 is 0 Å². The van der Waals surface area contributed by atoms with Crippen molar-refractivity contribution in [3.8, 4) is 6.07 Å². The highest BCUT2D eigenvalue weighted by Crippen LogP contribution is 2.23. The first kappa shape index (κ1) is 12.0. The molecule has 1 saturated carbocycles. The van der Waals surface area contributed by atoms with Crippen LogP contribution in [0.1, 0.15) is 39.0 Å². The number of hydrogen-bond acceptors (Lipinski definition) is 3. The minimum Gasteiger partial charge on any atom is -0.352 e. The van der Waals surface area contributed by atoms with Crippen molar-refractivity contribution < 1.29 is 4.79 Å². The molecule has 0 aromatic heterocycles. The predicted octanol–water partition coefficient (Wildman–Crippen LogP) is 0.922. The average Bonchev–Trinajstić information content (AvgIpc) is 2.18. The molecule has 0 aromatic carbocycles. The van der Waals surface area contributed by atoms with E-state index in [1.54, 1.807) is 0 Å². The molecular weight excluding hydrogens is 190 g/mol. The van der Waals surface area contributed by atoms with Gasteiger partial charge in [-0.3, -0.25) is 4.79 Å². The summed E-state index contributed by atoms with van der Waals surface area (Å²) in [5.74, 6) is 0.190. The normalized spacial score (nSPS) is 27.8. The van der Waals surface area contributed by atoms with Crippen LogP contribution in [0.4, 0.5) is 0 Å². The first-order chi connectivity index (χ1) is 7.13. The Hall–Kier alpha value is -1.08. The van der Waals surface area contributed by atoms with E-state index in [1.807, 2.05) is 13.0 Å². The number of carbonyl (C=O) groups excluding carboxylic acids is 1. The fraction of sp³-hybridized carbons (Fsp3) is 0.818.